The average Bonchev–Trinajstić information content (AvgIpc) is 2.67. The highest BCUT2D eigenvalue weighted by atomic mass is 32.1. The second-order valence-corrected chi connectivity index (χ2v) is 7.98. The molecule has 0 atom stereocenters. The van der Waals surface area contributed by atoms with Gasteiger partial charge in [-0.25, -0.2) is 4.98 Å². The summed E-state index contributed by atoms with van der Waals surface area (Å²) in [5, 5.41) is 4.81. The van der Waals surface area contributed by atoms with Gasteiger partial charge < -0.3 is 10.2 Å². The lowest BCUT2D eigenvalue weighted by Crippen LogP contribution is -2.37. The first-order chi connectivity index (χ1) is 9.40. The fraction of sp³-hybridized carbons (Fsp3) is 0.812. The molecule has 1 aliphatic carbocycles. The molecule has 1 aromatic rings. The van der Waals surface area contributed by atoms with Crippen LogP contribution in [0.4, 0.5) is 5.13 Å². The second kappa shape index (κ2) is 6.44. The van der Waals surface area contributed by atoms with E-state index in [1.54, 1.807) is 0 Å². The van der Waals surface area contributed by atoms with Crippen molar-refractivity contribution < 1.29 is 0 Å². The maximum absolute atomic E-state index is 4.91. The van der Waals surface area contributed by atoms with E-state index in [-0.39, 0.29) is 5.54 Å². The van der Waals surface area contributed by atoms with E-state index in [0.29, 0.717) is 0 Å². The van der Waals surface area contributed by atoms with Crippen LogP contribution in [0.1, 0.15) is 63.9 Å². The van der Waals surface area contributed by atoms with Crippen LogP contribution in [0, 0.1) is 0 Å². The van der Waals surface area contributed by atoms with Gasteiger partial charge >= 0.3 is 0 Å². The van der Waals surface area contributed by atoms with Gasteiger partial charge in [-0.3, -0.25) is 0 Å². The number of hydrogen-bond acceptors (Lipinski definition) is 4. The molecular weight excluding hydrogens is 266 g/mol. The Hall–Kier alpha value is -0.610. The minimum Gasteiger partial charge on any atom is -0.348 e. The number of nitrogens with zero attached hydrogens (tertiary/aromatic N) is 2. The first-order valence-corrected chi connectivity index (χ1v) is 8.69. The molecule has 3 nitrogen and oxygen atoms in total. The summed E-state index contributed by atoms with van der Waals surface area (Å²) in [6, 6.07) is 0.721. The molecule has 1 fully saturated rings. The Bertz CT molecular complexity index is 429. The Kier molecular flexibility index (Phi) is 5.08. The zero-order valence-corrected chi connectivity index (χ0v) is 14.4. The van der Waals surface area contributed by atoms with E-state index in [1.807, 2.05) is 11.3 Å². The molecule has 1 saturated carbocycles. The lowest BCUT2D eigenvalue weighted by molar-refractivity contribution is 0.401. The summed E-state index contributed by atoms with van der Waals surface area (Å²) in [6.45, 7) is 9.82. The third-order valence-corrected chi connectivity index (χ3v) is 5.15. The van der Waals surface area contributed by atoms with Crippen molar-refractivity contribution in [1.82, 2.24) is 10.3 Å². The molecule has 0 radical (unpaired) electrons. The molecular formula is C16H29N3S. The van der Waals surface area contributed by atoms with Crippen molar-refractivity contribution >= 4 is 16.5 Å². The average molecular weight is 295 g/mol. The van der Waals surface area contributed by atoms with Crippen LogP contribution < -0.4 is 10.2 Å². The largest absolute Gasteiger partial charge is 0.348 e. The summed E-state index contributed by atoms with van der Waals surface area (Å²) < 4.78 is 0. The van der Waals surface area contributed by atoms with E-state index < -0.39 is 0 Å². The fourth-order valence-electron chi connectivity index (χ4n) is 2.37. The lowest BCUT2D eigenvalue weighted by atomic mass is 9.92. The summed E-state index contributed by atoms with van der Waals surface area (Å²) in [5.74, 6) is 0. The smallest absolute Gasteiger partial charge is 0.185 e. The minimum atomic E-state index is 0.160. The zero-order valence-electron chi connectivity index (χ0n) is 13.6. The SMILES string of the molecule is CCCc1nc(N(C)C2CCC2)sc1CNC(C)(C)C. The van der Waals surface area contributed by atoms with Crippen LogP contribution in [-0.2, 0) is 13.0 Å². The molecule has 1 aliphatic rings. The van der Waals surface area contributed by atoms with Gasteiger partial charge in [-0.1, -0.05) is 13.3 Å². The summed E-state index contributed by atoms with van der Waals surface area (Å²) in [6.07, 6.45) is 6.29. The van der Waals surface area contributed by atoms with Gasteiger partial charge in [0.05, 0.1) is 5.69 Å². The number of nitrogens with one attached hydrogen (secondary N) is 1. The van der Waals surface area contributed by atoms with E-state index in [4.69, 9.17) is 4.98 Å². The predicted molar refractivity (Wildman–Crippen MR) is 88.7 cm³/mol. The van der Waals surface area contributed by atoms with Crippen molar-refractivity contribution in [1.29, 1.82) is 0 Å². The van der Waals surface area contributed by atoms with Crippen molar-refractivity contribution in [2.75, 3.05) is 11.9 Å². The Morgan fingerprint density at radius 1 is 1.35 bits per heavy atom. The molecule has 0 aromatic carbocycles. The monoisotopic (exact) mass is 295 g/mol. The van der Waals surface area contributed by atoms with Crippen LogP contribution in [0.3, 0.4) is 0 Å². The van der Waals surface area contributed by atoms with Gasteiger partial charge in [-0.05, 0) is 46.5 Å². The second-order valence-electron chi connectivity index (χ2n) is 6.92. The molecule has 0 saturated heterocycles. The standard InChI is InChI=1S/C16H29N3S/c1-6-8-13-14(11-17-16(2,3)4)20-15(18-13)19(5)12-9-7-10-12/h12,17H,6-11H2,1-5H3. The van der Waals surface area contributed by atoms with Gasteiger partial charge in [0.2, 0.25) is 0 Å². The molecule has 1 aromatic heterocycles. The third-order valence-electron chi connectivity index (χ3n) is 3.96. The number of rotatable bonds is 6. The van der Waals surface area contributed by atoms with Crippen molar-refractivity contribution in [3.05, 3.63) is 10.6 Å². The number of aromatic nitrogens is 1. The van der Waals surface area contributed by atoms with E-state index in [0.717, 1.165) is 19.0 Å². The lowest BCUT2D eigenvalue weighted by Gasteiger charge is -2.34. The Morgan fingerprint density at radius 3 is 2.55 bits per heavy atom. The number of thiazole rings is 1. The third kappa shape index (κ3) is 3.95. The van der Waals surface area contributed by atoms with Gasteiger partial charge in [0.15, 0.2) is 5.13 Å². The van der Waals surface area contributed by atoms with Crippen LogP contribution in [0.5, 0.6) is 0 Å². The quantitative estimate of drug-likeness (QED) is 0.860. The highest BCUT2D eigenvalue weighted by molar-refractivity contribution is 7.15. The zero-order chi connectivity index (χ0) is 14.8. The molecule has 1 N–H and O–H groups in total. The summed E-state index contributed by atoms with van der Waals surface area (Å²) in [4.78, 5) is 8.72. The molecule has 1 heterocycles. The normalized spacial score (nSPS) is 16.2. The first kappa shape index (κ1) is 15.8. The van der Waals surface area contributed by atoms with Crippen molar-refractivity contribution in [3.8, 4) is 0 Å². The van der Waals surface area contributed by atoms with Gasteiger partial charge in [0.1, 0.15) is 0 Å². The molecule has 0 amide bonds. The molecule has 4 heteroatoms. The van der Waals surface area contributed by atoms with E-state index >= 15 is 0 Å². The van der Waals surface area contributed by atoms with Crippen LogP contribution in [-0.4, -0.2) is 23.6 Å². The topological polar surface area (TPSA) is 28.2 Å². The van der Waals surface area contributed by atoms with Crippen LogP contribution >= 0.6 is 11.3 Å². The van der Waals surface area contributed by atoms with Crippen LogP contribution in [0.25, 0.3) is 0 Å². The van der Waals surface area contributed by atoms with Crippen molar-refractivity contribution in [3.63, 3.8) is 0 Å². The summed E-state index contributed by atoms with van der Waals surface area (Å²) in [5.41, 5.74) is 1.46. The van der Waals surface area contributed by atoms with Crippen LogP contribution in [0.15, 0.2) is 0 Å². The Morgan fingerprint density at radius 2 is 2.05 bits per heavy atom. The molecule has 0 aliphatic heterocycles. The highest BCUT2D eigenvalue weighted by Gasteiger charge is 2.25. The summed E-state index contributed by atoms with van der Waals surface area (Å²) in [7, 11) is 2.21. The first-order valence-electron chi connectivity index (χ1n) is 7.87. The summed E-state index contributed by atoms with van der Waals surface area (Å²) >= 11 is 1.88. The Balaban J connectivity index is 2.10. The molecule has 114 valence electrons. The van der Waals surface area contributed by atoms with E-state index in [1.165, 1.54) is 41.4 Å². The Labute approximate surface area is 127 Å². The molecule has 0 unspecified atom stereocenters. The maximum Gasteiger partial charge on any atom is 0.185 e. The van der Waals surface area contributed by atoms with E-state index in [2.05, 4.69) is 45.0 Å². The number of aryl methyl sites for hydroxylation is 1. The number of anilines is 1. The highest BCUT2D eigenvalue weighted by Crippen LogP contribution is 2.33. The van der Waals surface area contributed by atoms with Gasteiger partial charge in [-0.2, -0.15) is 0 Å². The van der Waals surface area contributed by atoms with Gasteiger partial charge in [0, 0.05) is 30.1 Å². The van der Waals surface area contributed by atoms with Gasteiger partial charge in [-0.15, -0.1) is 11.3 Å². The molecule has 20 heavy (non-hydrogen) atoms. The van der Waals surface area contributed by atoms with Crippen molar-refractivity contribution in [2.24, 2.45) is 0 Å². The van der Waals surface area contributed by atoms with Gasteiger partial charge in [0.25, 0.3) is 0 Å². The molecule has 0 spiro atoms. The fourth-order valence-corrected chi connectivity index (χ4v) is 3.45. The number of hydrogen-bond donors (Lipinski definition) is 1. The minimum absolute atomic E-state index is 0.160. The van der Waals surface area contributed by atoms with Crippen molar-refractivity contribution in [2.45, 2.75) is 77.9 Å². The van der Waals surface area contributed by atoms with Crippen LogP contribution in [0.2, 0.25) is 0 Å². The maximum atomic E-state index is 4.91. The van der Waals surface area contributed by atoms with E-state index in [9.17, 15) is 0 Å². The molecule has 2 rings (SSSR count). The molecule has 0 bridgehead atoms. The predicted octanol–water partition coefficient (Wildman–Crippen LogP) is 3.97.